The first-order chi connectivity index (χ1) is 13.5. The molecule has 3 aliphatic rings. The molecular weight excluding hydrogens is 344 g/mol. The number of benzene rings is 1. The zero-order valence-corrected chi connectivity index (χ0v) is 19.1. The van der Waals surface area contributed by atoms with Crippen molar-refractivity contribution in [2.75, 3.05) is 0 Å². The number of Topliss-reactive ketones (excluding diaryl/α,β-unsaturated/α-hetero) is 2. The number of hydrogen-bond donors (Lipinski definition) is 0. The molecule has 0 amide bonds. The second kappa shape index (κ2) is 11.3. The average Bonchev–Trinajstić information content (AvgIpc) is 3.48. The van der Waals surface area contributed by atoms with E-state index in [0.717, 1.165) is 44.1 Å². The normalized spacial score (nSPS) is 27.2. The maximum absolute atomic E-state index is 12.5. The summed E-state index contributed by atoms with van der Waals surface area (Å²) in [6, 6.07) is 10.3. The highest BCUT2D eigenvalue weighted by atomic mass is 16.1. The van der Waals surface area contributed by atoms with E-state index in [1.165, 1.54) is 11.1 Å². The lowest BCUT2D eigenvalue weighted by Gasteiger charge is -2.26. The number of rotatable bonds is 1. The first kappa shape index (κ1) is 24.3. The van der Waals surface area contributed by atoms with Gasteiger partial charge in [-0.3, -0.25) is 9.59 Å². The maximum Gasteiger partial charge on any atom is 0.162 e. The molecule has 3 aliphatic carbocycles. The summed E-state index contributed by atoms with van der Waals surface area (Å²) in [5.74, 6) is 1.12. The van der Waals surface area contributed by atoms with Gasteiger partial charge in [0, 0.05) is 11.5 Å². The van der Waals surface area contributed by atoms with E-state index in [1.807, 2.05) is 52.8 Å². The Morgan fingerprint density at radius 1 is 1.00 bits per heavy atom. The number of allylic oxidation sites excluding steroid dienone is 2. The van der Waals surface area contributed by atoms with Crippen LogP contribution in [0, 0.1) is 24.2 Å². The third-order valence-electron chi connectivity index (χ3n) is 6.08. The molecule has 1 aromatic carbocycles. The molecule has 0 heterocycles. The smallest absolute Gasteiger partial charge is 0.162 e. The second-order valence-corrected chi connectivity index (χ2v) is 7.76. The van der Waals surface area contributed by atoms with Crippen LogP contribution in [-0.2, 0) is 9.59 Å². The molecule has 0 radical (unpaired) electrons. The van der Waals surface area contributed by atoms with Gasteiger partial charge >= 0.3 is 0 Å². The molecule has 1 aromatic rings. The lowest BCUT2D eigenvalue weighted by Crippen LogP contribution is -2.29. The van der Waals surface area contributed by atoms with Gasteiger partial charge in [-0.15, -0.1) is 0 Å². The summed E-state index contributed by atoms with van der Waals surface area (Å²) in [7, 11) is 0. The van der Waals surface area contributed by atoms with Crippen molar-refractivity contribution in [2.24, 2.45) is 17.3 Å². The quantitative estimate of drug-likeness (QED) is 0.517. The van der Waals surface area contributed by atoms with Gasteiger partial charge in [0.25, 0.3) is 0 Å². The van der Waals surface area contributed by atoms with Crippen molar-refractivity contribution in [3.05, 3.63) is 47.0 Å². The predicted octanol–water partition coefficient (Wildman–Crippen LogP) is 7.11. The van der Waals surface area contributed by atoms with Crippen molar-refractivity contribution < 1.29 is 9.59 Å². The number of carbonyl (C=O) groups excluding carboxylic acids is 2. The van der Waals surface area contributed by atoms with E-state index in [-0.39, 0.29) is 22.9 Å². The lowest BCUT2D eigenvalue weighted by molar-refractivity contribution is -0.125. The number of carbonyl (C=O) groups is 2. The molecule has 0 N–H and O–H groups in total. The molecule has 4 rings (SSSR count). The third-order valence-corrected chi connectivity index (χ3v) is 6.08. The van der Waals surface area contributed by atoms with Crippen LogP contribution >= 0.6 is 0 Å². The summed E-state index contributed by atoms with van der Waals surface area (Å²) >= 11 is 0. The van der Waals surface area contributed by atoms with Crippen molar-refractivity contribution in [3.8, 4) is 0 Å². The monoisotopic (exact) mass is 384 g/mol. The largest absolute Gasteiger partial charge is 0.299 e. The molecule has 0 saturated heterocycles. The zero-order valence-electron chi connectivity index (χ0n) is 19.1. The van der Waals surface area contributed by atoms with Crippen LogP contribution in [0.15, 0.2) is 41.5 Å². The first-order valence-corrected chi connectivity index (χ1v) is 11.3. The fourth-order valence-electron chi connectivity index (χ4n) is 4.56. The molecule has 0 aliphatic heterocycles. The van der Waals surface area contributed by atoms with Crippen molar-refractivity contribution >= 4 is 11.6 Å². The van der Waals surface area contributed by atoms with Gasteiger partial charge in [0.05, 0.1) is 5.41 Å². The highest BCUT2D eigenvalue weighted by molar-refractivity contribution is 6.07. The van der Waals surface area contributed by atoms with Gasteiger partial charge < -0.3 is 0 Å². The first-order valence-electron chi connectivity index (χ1n) is 11.3. The van der Waals surface area contributed by atoms with E-state index in [4.69, 9.17) is 0 Å². The Kier molecular flexibility index (Phi) is 9.85. The molecule has 156 valence electrons. The van der Waals surface area contributed by atoms with Gasteiger partial charge in [-0.2, -0.15) is 0 Å². The Labute approximate surface area is 172 Å². The summed E-state index contributed by atoms with van der Waals surface area (Å²) < 4.78 is 0. The molecule has 1 saturated carbocycles. The van der Waals surface area contributed by atoms with Crippen molar-refractivity contribution in [1.82, 2.24) is 0 Å². The summed E-state index contributed by atoms with van der Waals surface area (Å²) in [6.45, 7) is 13.8. The average molecular weight is 385 g/mol. The van der Waals surface area contributed by atoms with Gasteiger partial charge in [0.1, 0.15) is 5.78 Å². The van der Waals surface area contributed by atoms with Crippen LogP contribution in [0.3, 0.4) is 0 Å². The fraction of sp³-hybridized carbons (Fsp3) is 0.615. The van der Waals surface area contributed by atoms with Gasteiger partial charge in [-0.25, -0.2) is 0 Å². The minimum atomic E-state index is -0.330. The van der Waals surface area contributed by atoms with Crippen LogP contribution in [0.25, 0.3) is 0 Å². The summed E-state index contributed by atoms with van der Waals surface area (Å²) in [4.78, 5) is 24.5. The molecule has 2 heteroatoms. The highest BCUT2D eigenvalue weighted by Gasteiger charge is 2.63. The van der Waals surface area contributed by atoms with Crippen LogP contribution in [0.4, 0.5) is 0 Å². The SMILES string of the molecule is CC.CC.CC(=O)C12CC1CCC1=C2C(=O)C(C)CCC1.Cc1ccccc1. The lowest BCUT2D eigenvalue weighted by atomic mass is 9.76. The Bertz CT molecular complexity index is 671. The maximum atomic E-state index is 12.5. The molecule has 0 spiro atoms. The summed E-state index contributed by atoms with van der Waals surface area (Å²) in [5.41, 5.74) is 3.28. The van der Waals surface area contributed by atoms with Crippen LogP contribution < -0.4 is 0 Å². The minimum absolute atomic E-state index is 0.123. The topological polar surface area (TPSA) is 34.1 Å². The van der Waals surface area contributed by atoms with Crippen molar-refractivity contribution in [2.45, 2.75) is 87.0 Å². The Morgan fingerprint density at radius 2 is 1.61 bits per heavy atom. The van der Waals surface area contributed by atoms with Gasteiger partial charge in [-0.05, 0) is 58.3 Å². The number of fused-ring (bicyclic) bond motifs is 2. The Hall–Kier alpha value is -1.70. The van der Waals surface area contributed by atoms with Gasteiger partial charge in [0.15, 0.2) is 5.78 Å². The molecule has 28 heavy (non-hydrogen) atoms. The molecule has 3 atom stereocenters. The van der Waals surface area contributed by atoms with E-state index < -0.39 is 0 Å². The van der Waals surface area contributed by atoms with Crippen LogP contribution in [0.1, 0.15) is 85.6 Å². The minimum Gasteiger partial charge on any atom is -0.299 e. The van der Waals surface area contributed by atoms with Crippen LogP contribution in [0.5, 0.6) is 0 Å². The van der Waals surface area contributed by atoms with Crippen LogP contribution in [-0.4, -0.2) is 11.6 Å². The fourth-order valence-corrected chi connectivity index (χ4v) is 4.56. The predicted molar refractivity (Wildman–Crippen MR) is 119 cm³/mol. The number of aryl methyl sites for hydroxylation is 1. The Morgan fingerprint density at radius 3 is 2.11 bits per heavy atom. The van der Waals surface area contributed by atoms with E-state index in [9.17, 15) is 9.59 Å². The molecule has 1 fully saturated rings. The highest BCUT2D eigenvalue weighted by Crippen LogP contribution is 2.65. The summed E-state index contributed by atoms with van der Waals surface area (Å²) in [5, 5.41) is 0. The molecule has 0 aromatic heterocycles. The molecule has 2 nitrogen and oxygen atoms in total. The Balaban J connectivity index is 0.000000299. The molecule has 3 unspecified atom stereocenters. The van der Waals surface area contributed by atoms with Gasteiger partial charge in [0.2, 0.25) is 0 Å². The molecular formula is C26H40O2. The number of ketones is 2. The van der Waals surface area contributed by atoms with E-state index in [2.05, 4.69) is 19.1 Å². The summed E-state index contributed by atoms with van der Waals surface area (Å²) in [6.07, 6.45) is 6.29. The van der Waals surface area contributed by atoms with Crippen LogP contribution in [0.2, 0.25) is 0 Å². The van der Waals surface area contributed by atoms with Crippen molar-refractivity contribution in [1.29, 1.82) is 0 Å². The third kappa shape index (κ3) is 5.21. The number of hydrogen-bond acceptors (Lipinski definition) is 2. The van der Waals surface area contributed by atoms with Gasteiger partial charge in [-0.1, -0.05) is 76.1 Å². The van der Waals surface area contributed by atoms with E-state index >= 15 is 0 Å². The van der Waals surface area contributed by atoms with E-state index in [0.29, 0.717) is 5.92 Å². The second-order valence-electron chi connectivity index (χ2n) is 7.76. The van der Waals surface area contributed by atoms with Crippen molar-refractivity contribution in [3.63, 3.8) is 0 Å². The zero-order chi connectivity index (χ0) is 21.3. The molecule has 0 bridgehead atoms. The standard InChI is InChI=1S/C15H20O2.C7H8.2C2H6/c1-9-4-3-5-11-6-7-12-8-15(12,10(2)16)13(11)14(9)17;1-7-5-3-2-4-6-7;2*1-2/h9,12H,3-8H2,1-2H3;2-6H,1H3;2*1-2H3. The van der Waals surface area contributed by atoms with E-state index in [1.54, 1.807) is 6.92 Å².